The molecule has 39 heavy (non-hydrogen) atoms. The van der Waals surface area contributed by atoms with E-state index in [1.807, 2.05) is 44.2 Å². The number of nitrogens with one attached hydrogen (secondary N) is 1. The summed E-state index contributed by atoms with van der Waals surface area (Å²) in [6, 6.07) is 11.3. The van der Waals surface area contributed by atoms with Crippen LogP contribution in [0.15, 0.2) is 42.5 Å². The summed E-state index contributed by atoms with van der Waals surface area (Å²) in [6.07, 6.45) is 8.66. The van der Waals surface area contributed by atoms with Crippen LogP contribution in [0, 0.1) is 11.3 Å². The van der Waals surface area contributed by atoms with Crippen LogP contribution in [0.25, 0.3) is 27.9 Å². The average molecular weight is 554 g/mol. The highest BCUT2D eigenvalue weighted by atomic mass is 35.5. The lowest BCUT2D eigenvalue weighted by Gasteiger charge is -2.33. The maximum atomic E-state index is 11.5. The number of fused-ring (bicyclic) bond motifs is 1. The van der Waals surface area contributed by atoms with Crippen molar-refractivity contribution in [3.63, 3.8) is 0 Å². The number of aromatic amines is 1. The van der Waals surface area contributed by atoms with Gasteiger partial charge in [0.25, 0.3) is 0 Å². The van der Waals surface area contributed by atoms with Crippen LogP contribution in [0.1, 0.15) is 57.9 Å². The first kappa shape index (κ1) is 28.6. The minimum absolute atomic E-state index is 0.0547. The van der Waals surface area contributed by atoms with Gasteiger partial charge < -0.3 is 25.2 Å². The van der Waals surface area contributed by atoms with Crippen LogP contribution in [0.3, 0.4) is 0 Å². The van der Waals surface area contributed by atoms with E-state index in [4.69, 9.17) is 21.8 Å². The molecule has 8 nitrogen and oxygen atoms in total. The van der Waals surface area contributed by atoms with E-state index < -0.39 is 18.0 Å². The predicted molar refractivity (Wildman–Crippen MR) is 152 cm³/mol. The molecule has 9 heteroatoms. The van der Waals surface area contributed by atoms with Gasteiger partial charge in [0.05, 0.1) is 27.2 Å². The fourth-order valence-electron chi connectivity index (χ4n) is 5.32. The Morgan fingerprint density at radius 3 is 2.36 bits per heavy atom. The van der Waals surface area contributed by atoms with Gasteiger partial charge in [-0.15, -0.1) is 0 Å². The van der Waals surface area contributed by atoms with Crippen molar-refractivity contribution >= 4 is 40.1 Å². The lowest BCUT2D eigenvalue weighted by molar-refractivity contribution is -0.150. The molecule has 0 radical (unpaired) electrons. The van der Waals surface area contributed by atoms with Gasteiger partial charge >= 0.3 is 5.97 Å². The Labute approximate surface area is 233 Å². The first-order chi connectivity index (χ1) is 18.6. The second kappa shape index (κ2) is 12.2. The molecule has 0 spiro atoms. The van der Waals surface area contributed by atoms with Gasteiger partial charge in [-0.1, -0.05) is 61.2 Å². The SMILES string of the molecule is CC(C)(C(=O)O)C1CCCCC1.O=C(CO)N1CC=C(c2ccc(-c3nc4cc(O)[nH]c4cc3Cl)cc2)CC1. The van der Waals surface area contributed by atoms with Crippen molar-refractivity contribution in [1.82, 2.24) is 14.9 Å². The number of carbonyl (C=O) groups is 2. The summed E-state index contributed by atoms with van der Waals surface area (Å²) in [5, 5.41) is 28.0. The lowest BCUT2D eigenvalue weighted by atomic mass is 9.71. The number of aliphatic hydroxyl groups is 1. The molecule has 2 aromatic heterocycles. The van der Waals surface area contributed by atoms with Crippen LogP contribution in [-0.2, 0) is 9.59 Å². The first-order valence-electron chi connectivity index (χ1n) is 13.4. The monoisotopic (exact) mass is 553 g/mol. The van der Waals surface area contributed by atoms with E-state index in [9.17, 15) is 14.7 Å². The van der Waals surface area contributed by atoms with Crippen molar-refractivity contribution in [3.05, 3.63) is 53.1 Å². The van der Waals surface area contributed by atoms with Gasteiger partial charge in [0.15, 0.2) is 5.88 Å². The topological polar surface area (TPSA) is 127 Å². The molecule has 0 atom stereocenters. The number of H-pyrrole nitrogens is 1. The molecule has 1 aromatic carbocycles. The molecule has 5 rings (SSSR count). The molecule has 0 bridgehead atoms. The number of aromatic nitrogens is 2. The molecule has 2 aliphatic rings. The quantitative estimate of drug-likeness (QED) is 0.313. The highest BCUT2D eigenvalue weighted by Gasteiger charge is 2.36. The van der Waals surface area contributed by atoms with E-state index >= 15 is 0 Å². The highest BCUT2D eigenvalue weighted by molar-refractivity contribution is 6.33. The number of aromatic hydroxyl groups is 1. The first-order valence-corrected chi connectivity index (χ1v) is 13.8. The Morgan fingerprint density at radius 1 is 1.10 bits per heavy atom. The summed E-state index contributed by atoms with van der Waals surface area (Å²) in [5.41, 5.74) is 4.64. The third kappa shape index (κ3) is 6.62. The fraction of sp³-hybridized carbons (Fsp3) is 0.433. The number of nitrogens with zero attached hydrogens (tertiary/aromatic N) is 2. The maximum absolute atomic E-state index is 11.5. The van der Waals surface area contributed by atoms with E-state index in [2.05, 4.69) is 9.97 Å². The van der Waals surface area contributed by atoms with Gasteiger partial charge in [0, 0.05) is 24.7 Å². The smallest absolute Gasteiger partial charge is 0.309 e. The molecule has 1 saturated carbocycles. The minimum atomic E-state index is -0.644. The number of carboxylic acids is 1. The Morgan fingerprint density at radius 2 is 1.77 bits per heavy atom. The summed E-state index contributed by atoms with van der Waals surface area (Å²) in [7, 11) is 0. The zero-order chi connectivity index (χ0) is 28.2. The lowest BCUT2D eigenvalue weighted by Crippen LogP contribution is -2.36. The maximum Gasteiger partial charge on any atom is 0.309 e. The third-order valence-electron chi connectivity index (χ3n) is 7.94. The molecule has 1 amide bonds. The molecule has 4 N–H and O–H groups in total. The van der Waals surface area contributed by atoms with E-state index in [1.54, 1.807) is 17.0 Å². The number of rotatable bonds is 5. The minimum Gasteiger partial charge on any atom is -0.495 e. The number of benzene rings is 1. The zero-order valence-electron chi connectivity index (χ0n) is 22.4. The summed E-state index contributed by atoms with van der Waals surface area (Å²) in [5.74, 6) is -0.440. The van der Waals surface area contributed by atoms with Crippen LogP contribution in [-0.4, -0.2) is 61.8 Å². The number of halogens is 1. The Kier molecular flexibility index (Phi) is 8.97. The number of pyridine rings is 1. The largest absolute Gasteiger partial charge is 0.495 e. The Bertz CT molecular complexity index is 1360. The highest BCUT2D eigenvalue weighted by Crippen LogP contribution is 2.38. The molecule has 1 fully saturated rings. The molecular formula is C30H36ClN3O5. The van der Waals surface area contributed by atoms with Crippen LogP contribution in [0.5, 0.6) is 5.88 Å². The summed E-state index contributed by atoms with van der Waals surface area (Å²) in [6.45, 7) is 4.37. The van der Waals surface area contributed by atoms with Crippen molar-refractivity contribution in [2.45, 2.75) is 52.4 Å². The number of hydrogen-bond acceptors (Lipinski definition) is 5. The summed E-state index contributed by atoms with van der Waals surface area (Å²) >= 11 is 6.36. The fourth-order valence-corrected chi connectivity index (χ4v) is 5.58. The molecule has 0 saturated heterocycles. The van der Waals surface area contributed by atoms with Crippen LogP contribution >= 0.6 is 11.6 Å². The molecule has 0 unspecified atom stereocenters. The van der Waals surface area contributed by atoms with Crippen molar-refractivity contribution in [2.75, 3.05) is 19.7 Å². The average Bonchev–Trinajstić information content (AvgIpc) is 3.31. The number of carbonyl (C=O) groups excluding carboxylic acids is 1. The van der Waals surface area contributed by atoms with Gasteiger partial charge in [0.1, 0.15) is 6.61 Å². The van der Waals surface area contributed by atoms with E-state index in [-0.39, 0.29) is 11.8 Å². The zero-order valence-corrected chi connectivity index (χ0v) is 23.2. The number of carboxylic acid groups (broad SMARTS) is 1. The molecule has 208 valence electrons. The molecule has 3 heterocycles. The normalized spacial score (nSPS) is 16.4. The van der Waals surface area contributed by atoms with Crippen LogP contribution < -0.4 is 0 Å². The second-order valence-electron chi connectivity index (χ2n) is 10.8. The van der Waals surface area contributed by atoms with Crippen molar-refractivity contribution in [1.29, 1.82) is 0 Å². The van der Waals surface area contributed by atoms with Gasteiger partial charge in [0.2, 0.25) is 5.91 Å². The van der Waals surface area contributed by atoms with E-state index in [1.165, 1.54) is 24.8 Å². The van der Waals surface area contributed by atoms with Gasteiger partial charge in [-0.2, -0.15) is 0 Å². The summed E-state index contributed by atoms with van der Waals surface area (Å²) < 4.78 is 0. The van der Waals surface area contributed by atoms with Crippen LogP contribution in [0.4, 0.5) is 0 Å². The van der Waals surface area contributed by atoms with Gasteiger partial charge in [-0.25, -0.2) is 4.98 Å². The number of amides is 1. The molecule has 1 aliphatic heterocycles. The van der Waals surface area contributed by atoms with Crippen molar-refractivity contribution < 1.29 is 24.9 Å². The van der Waals surface area contributed by atoms with E-state index in [0.717, 1.165) is 30.4 Å². The van der Waals surface area contributed by atoms with E-state index in [0.29, 0.717) is 40.8 Å². The summed E-state index contributed by atoms with van der Waals surface area (Å²) in [4.78, 5) is 31.5. The molecule has 3 aromatic rings. The van der Waals surface area contributed by atoms with Crippen LogP contribution in [0.2, 0.25) is 5.02 Å². The Hall–Kier alpha value is -3.36. The second-order valence-corrected chi connectivity index (χ2v) is 11.2. The standard InChI is InChI=1S/C20H18ClN3O3.C10H18O2/c21-15-9-16-17(10-18(26)22-16)23-20(15)14-3-1-12(2-4-14)13-5-7-24(8-6-13)19(27)11-25;1-10(2,9(11)12)8-6-4-3-5-7-8/h1-5,9-10,22,25-26H,6-8,11H2;8H,3-7H2,1-2H3,(H,11,12). The van der Waals surface area contributed by atoms with Crippen molar-refractivity contribution in [3.8, 4) is 17.1 Å². The number of aliphatic carboxylic acids is 1. The predicted octanol–water partition coefficient (Wildman–Crippen LogP) is 5.87. The Balaban J connectivity index is 0.000000247. The van der Waals surface area contributed by atoms with Gasteiger partial charge in [-0.3, -0.25) is 9.59 Å². The van der Waals surface area contributed by atoms with Crippen molar-refractivity contribution in [2.24, 2.45) is 11.3 Å². The molecular weight excluding hydrogens is 518 g/mol. The van der Waals surface area contributed by atoms with Gasteiger partial charge in [-0.05, 0) is 56.2 Å². The third-order valence-corrected chi connectivity index (χ3v) is 8.23. The number of aliphatic hydroxyl groups excluding tert-OH is 1. The molecule has 1 aliphatic carbocycles. The number of hydrogen-bond donors (Lipinski definition) is 4.